The van der Waals surface area contributed by atoms with Crippen molar-refractivity contribution < 1.29 is 8.78 Å². The monoisotopic (exact) mass is 303 g/mol. The summed E-state index contributed by atoms with van der Waals surface area (Å²) in [5.74, 6) is -0.211. The van der Waals surface area contributed by atoms with Gasteiger partial charge in [-0.05, 0) is 37.3 Å². The van der Waals surface area contributed by atoms with E-state index < -0.39 is 23.6 Å². The number of hydrogen-bond donors (Lipinski definition) is 1. The summed E-state index contributed by atoms with van der Waals surface area (Å²) >= 11 is 0. The number of aromatic nitrogens is 2. The van der Waals surface area contributed by atoms with Crippen LogP contribution in [0.4, 0.5) is 8.78 Å². The van der Waals surface area contributed by atoms with E-state index in [0.29, 0.717) is 17.0 Å². The quantitative estimate of drug-likeness (QED) is 0.928. The summed E-state index contributed by atoms with van der Waals surface area (Å²) in [6.45, 7) is 1.69. The van der Waals surface area contributed by atoms with Crippen molar-refractivity contribution in [3.63, 3.8) is 0 Å². The molecule has 0 aliphatic heterocycles. The first-order valence-corrected chi connectivity index (χ1v) is 6.98. The van der Waals surface area contributed by atoms with Crippen LogP contribution in [0.2, 0.25) is 0 Å². The van der Waals surface area contributed by atoms with Gasteiger partial charge in [-0.3, -0.25) is 9.36 Å². The predicted molar refractivity (Wildman–Crippen MR) is 81.5 cm³/mol. The van der Waals surface area contributed by atoms with E-state index in [0.717, 1.165) is 6.07 Å². The molecule has 0 unspecified atom stereocenters. The van der Waals surface area contributed by atoms with Gasteiger partial charge in [0.2, 0.25) is 0 Å². The zero-order valence-electron chi connectivity index (χ0n) is 12.0. The van der Waals surface area contributed by atoms with Gasteiger partial charge in [-0.25, -0.2) is 13.8 Å². The van der Waals surface area contributed by atoms with Gasteiger partial charge < -0.3 is 5.73 Å². The fraction of sp³-hybridized carbons (Fsp3) is 0.250. The van der Waals surface area contributed by atoms with Crippen LogP contribution in [-0.2, 0) is 0 Å². The lowest BCUT2D eigenvalue weighted by molar-refractivity contribution is 0.401. The molecule has 1 aliphatic rings. The normalized spacial score (nSPS) is 19.3. The van der Waals surface area contributed by atoms with Crippen LogP contribution in [0, 0.1) is 5.82 Å². The number of nitrogens with two attached hydrogens (primary N) is 1. The average molecular weight is 303 g/mol. The third kappa shape index (κ3) is 2.46. The molecule has 114 valence electrons. The molecule has 2 aromatic rings. The average Bonchev–Trinajstić information content (AvgIpc) is 2.47. The highest BCUT2D eigenvalue weighted by atomic mass is 19.1. The maximum atomic E-state index is 13.6. The predicted octanol–water partition coefficient (Wildman–Crippen LogP) is 2.69. The van der Waals surface area contributed by atoms with Gasteiger partial charge >= 0.3 is 0 Å². The Labute approximate surface area is 125 Å². The van der Waals surface area contributed by atoms with Crippen LogP contribution < -0.4 is 11.3 Å². The fourth-order valence-corrected chi connectivity index (χ4v) is 2.51. The molecule has 1 aliphatic carbocycles. The van der Waals surface area contributed by atoms with E-state index in [4.69, 9.17) is 5.73 Å². The van der Waals surface area contributed by atoms with Gasteiger partial charge in [0.15, 0.2) is 0 Å². The molecule has 6 heteroatoms. The molecule has 1 aromatic heterocycles. The molecule has 2 N–H and O–H groups in total. The molecule has 4 nitrogen and oxygen atoms in total. The summed E-state index contributed by atoms with van der Waals surface area (Å²) < 4.78 is 28.3. The number of fused-ring (bicyclic) bond motifs is 1. The number of allylic oxidation sites excluding steroid dienone is 4. The largest absolute Gasteiger partial charge is 0.322 e. The summed E-state index contributed by atoms with van der Waals surface area (Å²) in [6.07, 6.45) is 3.74. The van der Waals surface area contributed by atoms with Gasteiger partial charge in [0.05, 0.1) is 16.9 Å². The molecule has 0 saturated heterocycles. The highest BCUT2D eigenvalue weighted by Crippen LogP contribution is 2.21. The van der Waals surface area contributed by atoms with Crippen molar-refractivity contribution >= 4 is 16.6 Å². The zero-order chi connectivity index (χ0) is 15.9. The van der Waals surface area contributed by atoms with Gasteiger partial charge in [0, 0.05) is 12.1 Å². The molecule has 0 saturated carbocycles. The van der Waals surface area contributed by atoms with Gasteiger partial charge in [-0.2, -0.15) is 0 Å². The van der Waals surface area contributed by atoms with Gasteiger partial charge in [0.1, 0.15) is 17.8 Å². The highest BCUT2D eigenvalue weighted by Gasteiger charge is 2.18. The van der Waals surface area contributed by atoms with Crippen LogP contribution >= 0.6 is 0 Å². The Kier molecular flexibility index (Phi) is 3.62. The number of rotatable bonds is 2. The maximum absolute atomic E-state index is 13.6. The number of halogens is 2. The fourth-order valence-electron chi connectivity index (χ4n) is 2.51. The molecule has 2 atom stereocenters. The van der Waals surface area contributed by atoms with E-state index in [1.54, 1.807) is 19.1 Å². The summed E-state index contributed by atoms with van der Waals surface area (Å²) in [5, 5.41) is 0.139. The van der Waals surface area contributed by atoms with Crippen molar-refractivity contribution in [2.45, 2.75) is 25.6 Å². The molecule has 22 heavy (non-hydrogen) atoms. The molecule has 0 fully saturated rings. The van der Waals surface area contributed by atoms with E-state index in [1.807, 2.05) is 0 Å². The molecule has 3 rings (SSSR count). The second-order valence-electron chi connectivity index (χ2n) is 5.31. The lowest BCUT2D eigenvalue weighted by atomic mass is 10.1. The summed E-state index contributed by atoms with van der Waals surface area (Å²) in [7, 11) is 0. The van der Waals surface area contributed by atoms with Crippen molar-refractivity contribution in [1.29, 1.82) is 0 Å². The topological polar surface area (TPSA) is 60.9 Å². The Morgan fingerprint density at radius 1 is 1.45 bits per heavy atom. The second-order valence-corrected chi connectivity index (χ2v) is 5.31. The van der Waals surface area contributed by atoms with Crippen molar-refractivity contribution in [3.05, 3.63) is 58.4 Å². The summed E-state index contributed by atoms with van der Waals surface area (Å²) in [6, 6.07) is 3.27. The number of nitrogens with zero attached hydrogens (tertiary/aromatic N) is 2. The lowest BCUT2D eigenvalue weighted by Gasteiger charge is -2.19. The van der Waals surface area contributed by atoms with Crippen molar-refractivity contribution in [2.75, 3.05) is 0 Å². The Morgan fingerprint density at radius 2 is 2.23 bits per heavy atom. The summed E-state index contributed by atoms with van der Waals surface area (Å²) in [5.41, 5.74) is 6.19. The first-order valence-electron chi connectivity index (χ1n) is 6.98. The van der Waals surface area contributed by atoms with Crippen molar-refractivity contribution in [3.8, 4) is 0 Å². The van der Waals surface area contributed by atoms with E-state index >= 15 is 0 Å². The Balaban J connectivity index is 2.36. The van der Waals surface area contributed by atoms with Crippen LogP contribution in [0.3, 0.4) is 0 Å². The minimum absolute atomic E-state index is 0.139. The smallest absolute Gasteiger partial charge is 0.266 e. The number of benzene rings is 1. The molecule has 1 aromatic carbocycles. The van der Waals surface area contributed by atoms with Crippen LogP contribution in [0.15, 0.2) is 41.2 Å². The Hall–Kier alpha value is -2.34. The van der Waals surface area contributed by atoms with Gasteiger partial charge in [0.25, 0.3) is 5.56 Å². The molecule has 1 heterocycles. The number of alkyl halides is 1. The first-order chi connectivity index (χ1) is 10.5. The summed E-state index contributed by atoms with van der Waals surface area (Å²) in [4.78, 5) is 17.1. The van der Waals surface area contributed by atoms with Crippen LogP contribution in [0.5, 0.6) is 0 Å². The minimum atomic E-state index is -1.17. The van der Waals surface area contributed by atoms with E-state index in [2.05, 4.69) is 4.98 Å². The Morgan fingerprint density at radius 3 is 2.91 bits per heavy atom. The molecular formula is C16H15F2N3O. The first kappa shape index (κ1) is 14.6. The standard InChI is InChI=1S/C16H15F2N3O/c1-9(19)15-20-14-6-5-11(18)8-13(14)16(22)21(15)12-4-2-3-10(17)7-12/h2,4-10H,3,19H2,1H3/t9-,10+/m0/s1. The minimum Gasteiger partial charge on any atom is -0.322 e. The highest BCUT2D eigenvalue weighted by molar-refractivity contribution is 5.79. The van der Waals surface area contributed by atoms with Crippen molar-refractivity contribution in [2.24, 2.45) is 5.73 Å². The maximum Gasteiger partial charge on any atom is 0.266 e. The molecule has 0 radical (unpaired) electrons. The molecule has 0 amide bonds. The molecular weight excluding hydrogens is 288 g/mol. The molecule has 0 spiro atoms. The SMILES string of the molecule is C[C@H](N)c1nc2ccc(F)cc2c(=O)n1C1=C[C@H](F)CC=C1. The van der Waals surface area contributed by atoms with E-state index in [-0.39, 0.29) is 11.8 Å². The number of hydrogen-bond acceptors (Lipinski definition) is 3. The van der Waals surface area contributed by atoms with E-state index in [1.165, 1.54) is 22.8 Å². The van der Waals surface area contributed by atoms with Gasteiger partial charge in [-0.15, -0.1) is 0 Å². The van der Waals surface area contributed by atoms with E-state index in [9.17, 15) is 13.6 Å². The Bertz CT molecular complexity index is 852. The lowest BCUT2D eigenvalue weighted by Crippen LogP contribution is -2.28. The third-order valence-corrected chi connectivity index (χ3v) is 3.52. The van der Waals surface area contributed by atoms with Crippen molar-refractivity contribution in [1.82, 2.24) is 9.55 Å². The second kappa shape index (κ2) is 5.46. The van der Waals surface area contributed by atoms with Crippen LogP contribution in [0.1, 0.15) is 25.2 Å². The van der Waals surface area contributed by atoms with Gasteiger partial charge in [-0.1, -0.05) is 6.08 Å². The molecule has 0 bridgehead atoms. The zero-order valence-corrected chi connectivity index (χ0v) is 12.0. The van der Waals surface area contributed by atoms with Crippen LogP contribution in [-0.4, -0.2) is 15.7 Å². The van der Waals surface area contributed by atoms with Crippen LogP contribution in [0.25, 0.3) is 16.6 Å². The third-order valence-electron chi connectivity index (χ3n) is 3.52.